The average molecular weight is 399 g/mol. The zero-order valence-electron chi connectivity index (χ0n) is 17.3. The summed E-state index contributed by atoms with van der Waals surface area (Å²) in [6.07, 6.45) is 3.90. The summed E-state index contributed by atoms with van der Waals surface area (Å²) in [5.74, 6) is 0.856. The molecule has 0 spiro atoms. The third kappa shape index (κ3) is 7.14. The van der Waals surface area contributed by atoms with E-state index in [1.807, 2.05) is 18.2 Å². The molecule has 1 N–H and O–H groups in total. The normalized spacial score (nSPS) is 10.3. The Labute approximate surface area is 172 Å². The molecule has 0 unspecified atom stereocenters. The van der Waals surface area contributed by atoms with Crippen LogP contribution in [0.2, 0.25) is 0 Å². The Kier molecular flexibility index (Phi) is 9.02. The molecule has 29 heavy (non-hydrogen) atoms. The second-order valence-electron chi connectivity index (χ2n) is 6.66. The van der Waals surface area contributed by atoms with E-state index < -0.39 is 0 Å². The molecule has 0 aromatic heterocycles. The van der Waals surface area contributed by atoms with Crippen molar-refractivity contribution >= 4 is 17.6 Å². The highest BCUT2D eigenvalue weighted by molar-refractivity contribution is 5.93. The first kappa shape index (κ1) is 22.3. The first-order valence-electron chi connectivity index (χ1n) is 9.85. The van der Waals surface area contributed by atoms with Crippen LogP contribution < -0.4 is 14.8 Å². The Balaban J connectivity index is 1.82. The fourth-order valence-corrected chi connectivity index (χ4v) is 2.81. The molecule has 0 aliphatic rings. The number of unbranched alkanes of at least 4 members (excludes halogenated alkanes) is 2. The van der Waals surface area contributed by atoms with E-state index in [2.05, 4.69) is 12.2 Å². The number of hydrogen-bond donors (Lipinski definition) is 1. The van der Waals surface area contributed by atoms with Gasteiger partial charge in [-0.3, -0.25) is 4.79 Å². The molecule has 0 aliphatic heterocycles. The number of benzene rings is 2. The number of hydrogen-bond acceptors (Lipinski definition) is 5. The third-order valence-corrected chi connectivity index (χ3v) is 4.47. The van der Waals surface area contributed by atoms with Crippen LogP contribution in [-0.2, 0) is 16.0 Å². The number of anilines is 1. The maximum Gasteiger partial charge on any atom is 0.338 e. The van der Waals surface area contributed by atoms with Crippen molar-refractivity contribution in [1.82, 2.24) is 0 Å². The van der Waals surface area contributed by atoms with Gasteiger partial charge >= 0.3 is 5.97 Å². The van der Waals surface area contributed by atoms with Gasteiger partial charge in [0.2, 0.25) is 5.91 Å². The summed E-state index contributed by atoms with van der Waals surface area (Å²) in [7, 11) is 3.17. The number of nitrogens with one attached hydrogen (secondary N) is 1. The smallest absolute Gasteiger partial charge is 0.338 e. The lowest BCUT2D eigenvalue weighted by Crippen LogP contribution is -2.13. The van der Waals surface area contributed by atoms with Crippen molar-refractivity contribution in [2.45, 2.75) is 39.0 Å². The second kappa shape index (κ2) is 11.7. The Bertz CT molecular complexity index is 801. The molecule has 6 heteroatoms. The summed E-state index contributed by atoms with van der Waals surface area (Å²) in [5, 5.41) is 2.84. The van der Waals surface area contributed by atoms with E-state index in [0.717, 1.165) is 24.8 Å². The molecule has 2 aromatic carbocycles. The van der Waals surface area contributed by atoms with Crippen LogP contribution in [0.25, 0.3) is 0 Å². The number of amides is 1. The first-order valence-corrected chi connectivity index (χ1v) is 9.85. The van der Waals surface area contributed by atoms with Gasteiger partial charge in [-0.1, -0.05) is 25.8 Å². The van der Waals surface area contributed by atoms with Crippen LogP contribution in [0.4, 0.5) is 5.69 Å². The van der Waals surface area contributed by atoms with E-state index in [1.54, 1.807) is 38.5 Å². The predicted molar refractivity (Wildman–Crippen MR) is 113 cm³/mol. The minimum Gasteiger partial charge on any atom is -0.493 e. The highest BCUT2D eigenvalue weighted by Gasteiger charge is 2.09. The third-order valence-electron chi connectivity index (χ3n) is 4.47. The maximum absolute atomic E-state index is 12.2. The first-order chi connectivity index (χ1) is 14.1. The van der Waals surface area contributed by atoms with Crippen molar-refractivity contribution in [3.05, 3.63) is 53.6 Å². The number of carbonyl (C=O) groups excluding carboxylic acids is 2. The summed E-state index contributed by atoms with van der Waals surface area (Å²) in [6, 6.07) is 12.3. The maximum atomic E-state index is 12.2. The number of rotatable bonds is 11. The lowest BCUT2D eigenvalue weighted by molar-refractivity contribution is -0.116. The topological polar surface area (TPSA) is 73.9 Å². The average Bonchev–Trinajstić information content (AvgIpc) is 2.75. The number of aryl methyl sites for hydroxylation is 1. The molecule has 0 radical (unpaired) electrons. The van der Waals surface area contributed by atoms with Crippen molar-refractivity contribution in [1.29, 1.82) is 0 Å². The van der Waals surface area contributed by atoms with Gasteiger partial charge in [0.15, 0.2) is 11.5 Å². The lowest BCUT2D eigenvalue weighted by atomic mass is 10.1. The molecule has 0 fully saturated rings. The molecule has 0 aliphatic carbocycles. The molecule has 0 saturated heterocycles. The van der Waals surface area contributed by atoms with Gasteiger partial charge in [0.25, 0.3) is 0 Å². The summed E-state index contributed by atoms with van der Waals surface area (Å²) in [6.45, 7) is 2.53. The number of carbonyl (C=O) groups is 2. The second-order valence-corrected chi connectivity index (χ2v) is 6.66. The van der Waals surface area contributed by atoms with Gasteiger partial charge in [-0.05, 0) is 54.8 Å². The zero-order chi connectivity index (χ0) is 21.1. The van der Waals surface area contributed by atoms with E-state index in [9.17, 15) is 9.59 Å². The van der Waals surface area contributed by atoms with E-state index in [0.29, 0.717) is 42.2 Å². The Morgan fingerprint density at radius 3 is 2.31 bits per heavy atom. The molecule has 0 bridgehead atoms. The van der Waals surface area contributed by atoms with Crippen molar-refractivity contribution in [3.8, 4) is 11.5 Å². The molecule has 156 valence electrons. The van der Waals surface area contributed by atoms with Gasteiger partial charge in [-0.15, -0.1) is 0 Å². The Hall–Kier alpha value is -3.02. The van der Waals surface area contributed by atoms with Gasteiger partial charge in [-0.25, -0.2) is 4.79 Å². The van der Waals surface area contributed by atoms with E-state index in [4.69, 9.17) is 14.2 Å². The fraction of sp³-hybridized carbons (Fsp3) is 0.391. The van der Waals surface area contributed by atoms with Gasteiger partial charge in [0.05, 0.1) is 26.4 Å². The molecule has 1 amide bonds. The van der Waals surface area contributed by atoms with Crippen LogP contribution in [0.15, 0.2) is 42.5 Å². The van der Waals surface area contributed by atoms with Crippen LogP contribution in [0.3, 0.4) is 0 Å². The van der Waals surface area contributed by atoms with E-state index >= 15 is 0 Å². The number of ether oxygens (including phenoxy) is 3. The SMILES string of the molecule is CCCCCOC(=O)c1ccc(NC(=O)CCc2ccc(OC)c(OC)c2)cc1. The van der Waals surface area contributed by atoms with Crippen molar-refractivity contribution in [3.63, 3.8) is 0 Å². The van der Waals surface area contributed by atoms with Gasteiger partial charge in [-0.2, -0.15) is 0 Å². The van der Waals surface area contributed by atoms with E-state index in [1.165, 1.54) is 0 Å². The molecular weight excluding hydrogens is 370 g/mol. The quantitative estimate of drug-likeness (QED) is 0.441. The molecular formula is C23H29NO5. The Morgan fingerprint density at radius 2 is 1.66 bits per heavy atom. The van der Waals surface area contributed by atoms with Crippen molar-refractivity contribution in [2.75, 3.05) is 26.1 Å². The number of methoxy groups -OCH3 is 2. The Morgan fingerprint density at radius 1 is 0.931 bits per heavy atom. The lowest BCUT2D eigenvalue weighted by Gasteiger charge is -2.10. The molecule has 0 heterocycles. The van der Waals surface area contributed by atoms with E-state index in [-0.39, 0.29) is 11.9 Å². The summed E-state index contributed by atoms with van der Waals surface area (Å²) < 4.78 is 15.7. The van der Waals surface area contributed by atoms with Gasteiger partial charge in [0, 0.05) is 12.1 Å². The molecule has 2 rings (SSSR count). The van der Waals surface area contributed by atoms with Gasteiger partial charge < -0.3 is 19.5 Å². The molecule has 0 saturated carbocycles. The molecule has 6 nitrogen and oxygen atoms in total. The predicted octanol–water partition coefficient (Wildman–Crippen LogP) is 4.62. The summed E-state index contributed by atoms with van der Waals surface area (Å²) in [5.41, 5.74) is 2.11. The fourth-order valence-electron chi connectivity index (χ4n) is 2.81. The minimum atomic E-state index is -0.340. The summed E-state index contributed by atoms with van der Waals surface area (Å²) >= 11 is 0. The largest absolute Gasteiger partial charge is 0.493 e. The number of esters is 1. The minimum absolute atomic E-state index is 0.102. The van der Waals surface area contributed by atoms with Crippen LogP contribution >= 0.6 is 0 Å². The molecule has 2 aromatic rings. The van der Waals surface area contributed by atoms with Crippen molar-refractivity contribution in [2.24, 2.45) is 0 Å². The van der Waals surface area contributed by atoms with Gasteiger partial charge in [0.1, 0.15) is 0 Å². The monoisotopic (exact) mass is 399 g/mol. The molecule has 0 atom stereocenters. The summed E-state index contributed by atoms with van der Waals surface area (Å²) in [4.78, 5) is 24.2. The zero-order valence-corrected chi connectivity index (χ0v) is 17.3. The van der Waals surface area contributed by atoms with Crippen molar-refractivity contribution < 1.29 is 23.8 Å². The van der Waals surface area contributed by atoms with Crippen LogP contribution in [0.1, 0.15) is 48.5 Å². The van der Waals surface area contributed by atoms with Crippen LogP contribution in [0.5, 0.6) is 11.5 Å². The van der Waals surface area contributed by atoms with Crippen LogP contribution in [-0.4, -0.2) is 32.7 Å². The standard InChI is InChI=1S/C23H29NO5/c1-4-5-6-15-29-23(26)18-9-11-19(12-10-18)24-22(25)14-8-17-7-13-20(27-2)21(16-17)28-3/h7,9-13,16H,4-6,8,14-15H2,1-3H3,(H,24,25). The van der Waals surface area contributed by atoms with Crippen LogP contribution in [0, 0.1) is 0 Å². The highest BCUT2D eigenvalue weighted by Crippen LogP contribution is 2.28. The highest BCUT2D eigenvalue weighted by atomic mass is 16.5.